The summed E-state index contributed by atoms with van der Waals surface area (Å²) >= 11 is 0. The van der Waals surface area contributed by atoms with E-state index in [0.717, 1.165) is 0 Å². The molecule has 1 rings (SSSR count). The van der Waals surface area contributed by atoms with Crippen molar-refractivity contribution in [2.45, 2.75) is 6.92 Å². The number of ketones is 1. The van der Waals surface area contributed by atoms with Crippen molar-refractivity contribution in [3.05, 3.63) is 47.8 Å². The third-order valence-corrected chi connectivity index (χ3v) is 1.45. The summed E-state index contributed by atoms with van der Waals surface area (Å²) in [5.41, 5.74) is 0.509. The van der Waals surface area contributed by atoms with E-state index in [1.807, 2.05) is 0 Å². The van der Waals surface area contributed by atoms with Gasteiger partial charge in [-0.3, -0.25) is 4.79 Å². The van der Waals surface area contributed by atoms with Gasteiger partial charge in [-0.15, -0.1) is 0 Å². The van der Waals surface area contributed by atoms with Crippen LogP contribution in [0, 0.1) is 5.82 Å². The normalized spacial score (nSPS) is 10.5. The molecule has 0 atom stereocenters. The number of benzene rings is 1. The van der Waals surface area contributed by atoms with Gasteiger partial charge in [-0.1, -0.05) is 6.08 Å². The number of halogens is 1. The molecule has 0 fully saturated rings. The first-order valence-electron chi connectivity index (χ1n) is 3.66. The van der Waals surface area contributed by atoms with Gasteiger partial charge in [-0.2, -0.15) is 0 Å². The van der Waals surface area contributed by atoms with Crippen LogP contribution < -0.4 is 0 Å². The van der Waals surface area contributed by atoms with Crippen molar-refractivity contribution in [3.63, 3.8) is 0 Å². The van der Waals surface area contributed by atoms with E-state index in [0.29, 0.717) is 5.56 Å². The SMILES string of the molecule is CC=CC(=O)c1ccc(F)cc1. The summed E-state index contributed by atoms with van der Waals surface area (Å²) < 4.78 is 12.4. The molecule has 0 aliphatic carbocycles. The van der Waals surface area contributed by atoms with Crippen molar-refractivity contribution < 1.29 is 9.18 Å². The van der Waals surface area contributed by atoms with Crippen LogP contribution in [-0.2, 0) is 0 Å². The molecule has 0 aliphatic heterocycles. The number of hydrogen-bond acceptors (Lipinski definition) is 1. The Bertz CT molecular complexity index is 298. The van der Waals surface area contributed by atoms with Crippen LogP contribution in [0.25, 0.3) is 0 Å². The Kier molecular flexibility index (Phi) is 2.75. The van der Waals surface area contributed by atoms with Gasteiger partial charge in [-0.25, -0.2) is 4.39 Å². The molecule has 0 amide bonds. The molecule has 2 heteroatoms. The first-order valence-corrected chi connectivity index (χ1v) is 3.66. The maximum atomic E-state index is 12.4. The first kappa shape index (κ1) is 8.65. The van der Waals surface area contributed by atoms with Crippen LogP contribution in [0.15, 0.2) is 36.4 Å². The molecular formula is C10H9FO. The Labute approximate surface area is 70.5 Å². The van der Waals surface area contributed by atoms with Gasteiger partial charge in [0.1, 0.15) is 5.82 Å². The lowest BCUT2D eigenvalue weighted by Gasteiger charge is -1.93. The Morgan fingerprint density at radius 1 is 1.33 bits per heavy atom. The average Bonchev–Trinajstić information content (AvgIpc) is 2.06. The Morgan fingerprint density at radius 3 is 2.42 bits per heavy atom. The zero-order valence-electron chi connectivity index (χ0n) is 6.75. The maximum Gasteiger partial charge on any atom is 0.185 e. The lowest BCUT2D eigenvalue weighted by Crippen LogP contribution is -1.93. The van der Waals surface area contributed by atoms with Gasteiger partial charge in [0.05, 0.1) is 0 Å². The van der Waals surface area contributed by atoms with Gasteiger partial charge in [0.25, 0.3) is 0 Å². The maximum absolute atomic E-state index is 12.4. The van der Waals surface area contributed by atoms with E-state index in [1.165, 1.54) is 30.3 Å². The zero-order chi connectivity index (χ0) is 8.97. The molecule has 1 nitrogen and oxygen atoms in total. The predicted octanol–water partition coefficient (Wildman–Crippen LogP) is 2.58. The van der Waals surface area contributed by atoms with Crippen LogP contribution >= 0.6 is 0 Å². The molecule has 0 aliphatic rings. The summed E-state index contributed by atoms with van der Waals surface area (Å²) in [7, 11) is 0. The minimum atomic E-state index is -0.327. The third-order valence-electron chi connectivity index (χ3n) is 1.45. The van der Waals surface area contributed by atoms with Gasteiger partial charge in [-0.05, 0) is 37.3 Å². The van der Waals surface area contributed by atoms with Gasteiger partial charge in [0, 0.05) is 5.56 Å². The molecule has 0 heterocycles. The molecule has 0 saturated heterocycles. The topological polar surface area (TPSA) is 17.1 Å². The molecule has 62 valence electrons. The van der Waals surface area contributed by atoms with Crippen molar-refractivity contribution in [2.24, 2.45) is 0 Å². The van der Waals surface area contributed by atoms with Crippen molar-refractivity contribution in [1.29, 1.82) is 0 Å². The van der Waals surface area contributed by atoms with Crippen LogP contribution in [0.5, 0.6) is 0 Å². The Hall–Kier alpha value is -1.44. The lowest BCUT2D eigenvalue weighted by atomic mass is 10.1. The van der Waals surface area contributed by atoms with Crippen molar-refractivity contribution in [3.8, 4) is 0 Å². The van der Waals surface area contributed by atoms with Crippen molar-refractivity contribution >= 4 is 5.78 Å². The minimum absolute atomic E-state index is 0.0995. The lowest BCUT2D eigenvalue weighted by molar-refractivity contribution is 0.104. The second-order valence-corrected chi connectivity index (χ2v) is 2.37. The highest BCUT2D eigenvalue weighted by Gasteiger charge is 1.99. The van der Waals surface area contributed by atoms with Gasteiger partial charge >= 0.3 is 0 Å². The number of hydrogen-bond donors (Lipinski definition) is 0. The average molecular weight is 164 g/mol. The van der Waals surface area contributed by atoms with E-state index < -0.39 is 0 Å². The third kappa shape index (κ3) is 2.02. The molecule has 0 N–H and O–H groups in total. The fourth-order valence-corrected chi connectivity index (χ4v) is 0.862. The highest BCUT2D eigenvalue weighted by Crippen LogP contribution is 2.03. The number of allylic oxidation sites excluding steroid dienone is 2. The smallest absolute Gasteiger partial charge is 0.185 e. The van der Waals surface area contributed by atoms with Crippen LogP contribution in [0.1, 0.15) is 17.3 Å². The highest BCUT2D eigenvalue weighted by molar-refractivity contribution is 6.04. The van der Waals surface area contributed by atoms with Gasteiger partial charge < -0.3 is 0 Å². The van der Waals surface area contributed by atoms with Crippen molar-refractivity contribution in [1.82, 2.24) is 0 Å². The second-order valence-electron chi connectivity index (χ2n) is 2.37. The summed E-state index contributed by atoms with van der Waals surface area (Å²) in [6, 6.07) is 5.49. The Balaban J connectivity index is 2.90. The van der Waals surface area contributed by atoms with E-state index in [2.05, 4.69) is 0 Å². The summed E-state index contributed by atoms with van der Waals surface area (Å²) in [5.74, 6) is -0.426. The summed E-state index contributed by atoms with van der Waals surface area (Å²) in [5, 5.41) is 0. The van der Waals surface area contributed by atoms with Crippen LogP contribution in [0.4, 0.5) is 4.39 Å². The Morgan fingerprint density at radius 2 is 1.92 bits per heavy atom. The highest BCUT2D eigenvalue weighted by atomic mass is 19.1. The minimum Gasteiger partial charge on any atom is -0.289 e. The molecule has 1 aromatic rings. The number of rotatable bonds is 2. The monoisotopic (exact) mass is 164 g/mol. The molecule has 0 bridgehead atoms. The summed E-state index contributed by atoms with van der Waals surface area (Å²) in [6.45, 7) is 1.77. The molecular weight excluding hydrogens is 155 g/mol. The predicted molar refractivity (Wildman–Crippen MR) is 45.5 cm³/mol. The molecule has 0 unspecified atom stereocenters. The van der Waals surface area contributed by atoms with E-state index in [-0.39, 0.29) is 11.6 Å². The fourth-order valence-electron chi connectivity index (χ4n) is 0.862. The zero-order valence-corrected chi connectivity index (χ0v) is 6.75. The van der Waals surface area contributed by atoms with E-state index in [4.69, 9.17) is 0 Å². The summed E-state index contributed by atoms with van der Waals surface area (Å²) in [6.07, 6.45) is 3.11. The molecule has 0 saturated carbocycles. The number of carbonyl (C=O) groups is 1. The molecule has 0 spiro atoms. The van der Waals surface area contributed by atoms with Crippen LogP contribution in [-0.4, -0.2) is 5.78 Å². The van der Waals surface area contributed by atoms with Crippen LogP contribution in [0.2, 0.25) is 0 Å². The van der Waals surface area contributed by atoms with Gasteiger partial charge in [0.2, 0.25) is 0 Å². The molecule has 0 aromatic heterocycles. The number of carbonyl (C=O) groups excluding carboxylic acids is 1. The second kappa shape index (κ2) is 3.81. The first-order chi connectivity index (χ1) is 5.74. The van der Waals surface area contributed by atoms with Gasteiger partial charge in [0.15, 0.2) is 5.78 Å². The quantitative estimate of drug-likeness (QED) is 0.485. The fraction of sp³-hybridized carbons (Fsp3) is 0.100. The van der Waals surface area contributed by atoms with E-state index in [1.54, 1.807) is 13.0 Å². The molecule has 12 heavy (non-hydrogen) atoms. The van der Waals surface area contributed by atoms with Crippen molar-refractivity contribution in [2.75, 3.05) is 0 Å². The summed E-state index contributed by atoms with van der Waals surface area (Å²) in [4.78, 5) is 11.1. The molecule has 0 radical (unpaired) electrons. The largest absolute Gasteiger partial charge is 0.289 e. The molecule has 1 aromatic carbocycles. The van der Waals surface area contributed by atoms with Crippen LogP contribution in [0.3, 0.4) is 0 Å². The standard InChI is InChI=1S/C10H9FO/c1-2-3-10(12)8-4-6-9(11)7-5-8/h2-7H,1H3. The van der Waals surface area contributed by atoms with E-state index >= 15 is 0 Å². The van der Waals surface area contributed by atoms with E-state index in [9.17, 15) is 9.18 Å².